The molecular weight excluding hydrogens is 232 g/mol. The van der Waals surface area contributed by atoms with Crippen LogP contribution in [0.1, 0.15) is 25.7 Å². The van der Waals surface area contributed by atoms with E-state index in [4.69, 9.17) is 9.47 Å². The highest BCUT2D eigenvalue weighted by atomic mass is 16.6. The molecule has 0 amide bonds. The first-order chi connectivity index (χ1) is 8.83. The van der Waals surface area contributed by atoms with Crippen molar-refractivity contribution < 1.29 is 14.3 Å². The summed E-state index contributed by atoms with van der Waals surface area (Å²) in [6.07, 6.45) is 4.33. The third kappa shape index (κ3) is 3.43. The number of likely N-dealkylation sites (tertiary alicyclic amines) is 1. The second kappa shape index (κ2) is 7.07. The topological polar surface area (TPSA) is 50.8 Å². The van der Waals surface area contributed by atoms with Crippen LogP contribution in [0.5, 0.6) is 0 Å². The first-order valence-corrected chi connectivity index (χ1v) is 6.95. The van der Waals surface area contributed by atoms with Crippen molar-refractivity contribution in [1.82, 2.24) is 10.2 Å². The van der Waals surface area contributed by atoms with Crippen LogP contribution in [0.3, 0.4) is 0 Å². The first-order valence-electron chi connectivity index (χ1n) is 6.95. The van der Waals surface area contributed by atoms with Crippen LogP contribution in [0.4, 0.5) is 0 Å². The second-order valence-corrected chi connectivity index (χ2v) is 5.04. The Morgan fingerprint density at radius 3 is 2.78 bits per heavy atom. The Labute approximate surface area is 109 Å². The van der Waals surface area contributed by atoms with E-state index in [9.17, 15) is 4.79 Å². The van der Waals surface area contributed by atoms with Crippen molar-refractivity contribution >= 4 is 5.97 Å². The lowest BCUT2D eigenvalue weighted by Crippen LogP contribution is -2.48. The molecule has 2 rings (SSSR count). The number of carbonyl (C=O) groups excluding carboxylic acids is 1. The minimum absolute atomic E-state index is 0.0232. The molecule has 18 heavy (non-hydrogen) atoms. The molecule has 2 saturated heterocycles. The Bertz CT molecular complexity index is 267. The predicted octanol–water partition coefficient (Wildman–Crippen LogP) is 0.392. The maximum Gasteiger partial charge on any atom is 0.323 e. The summed E-state index contributed by atoms with van der Waals surface area (Å²) in [4.78, 5) is 14.4. The fourth-order valence-electron chi connectivity index (χ4n) is 2.94. The predicted molar refractivity (Wildman–Crippen MR) is 68.5 cm³/mol. The molecule has 2 aliphatic rings. The number of esters is 1. The minimum Gasteiger partial charge on any atom is -0.462 e. The summed E-state index contributed by atoms with van der Waals surface area (Å²) in [7, 11) is 1.62. The van der Waals surface area contributed by atoms with Gasteiger partial charge in [-0.3, -0.25) is 9.69 Å². The molecule has 0 aromatic rings. The van der Waals surface area contributed by atoms with Gasteiger partial charge in [0.1, 0.15) is 12.6 Å². The molecule has 1 N–H and O–H groups in total. The van der Waals surface area contributed by atoms with Crippen molar-refractivity contribution in [3.05, 3.63) is 0 Å². The maximum absolute atomic E-state index is 12.0. The second-order valence-electron chi connectivity index (χ2n) is 5.04. The van der Waals surface area contributed by atoms with Gasteiger partial charge in [0.2, 0.25) is 0 Å². The van der Waals surface area contributed by atoms with E-state index in [0.717, 1.165) is 45.3 Å². The van der Waals surface area contributed by atoms with Crippen LogP contribution in [0.2, 0.25) is 0 Å². The van der Waals surface area contributed by atoms with Gasteiger partial charge < -0.3 is 14.8 Å². The van der Waals surface area contributed by atoms with Crippen molar-refractivity contribution in [3.8, 4) is 0 Å². The Morgan fingerprint density at radius 2 is 2.06 bits per heavy atom. The van der Waals surface area contributed by atoms with E-state index in [1.165, 1.54) is 0 Å². The monoisotopic (exact) mass is 256 g/mol. The van der Waals surface area contributed by atoms with E-state index in [2.05, 4.69) is 10.2 Å². The van der Waals surface area contributed by atoms with E-state index < -0.39 is 0 Å². The summed E-state index contributed by atoms with van der Waals surface area (Å²) in [6.45, 7) is 4.01. The van der Waals surface area contributed by atoms with Gasteiger partial charge in [-0.2, -0.15) is 0 Å². The maximum atomic E-state index is 12.0. The van der Waals surface area contributed by atoms with Crippen LogP contribution >= 0.6 is 0 Å². The van der Waals surface area contributed by atoms with Crippen LogP contribution in [0, 0.1) is 0 Å². The number of rotatable bonds is 5. The summed E-state index contributed by atoms with van der Waals surface area (Å²) in [5, 5.41) is 3.36. The first kappa shape index (κ1) is 13.8. The molecule has 2 heterocycles. The van der Waals surface area contributed by atoms with Crippen LogP contribution in [-0.4, -0.2) is 62.9 Å². The molecule has 1 unspecified atom stereocenters. The number of ether oxygens (including phenoxy) is 2. The summed E-state index contributed by atoms with van der Waals surface area (Å²) < 4.78 is 10.2. The molecule has 2 fully saturated rings. The average molecular weight is 256 g/mol. The molecule has 5 nitrogen and oxygen atoms in total. The minimum atomic E-state index is -0.0666. The molecule has 0 aliphatic carbocycles. The Balaban J connectivity index is 1.84. The van der Waals surface area contributed by atoms with Gasteiger partial charge in [-0.15, -0.1) is 0 Å². The molecule has 0 aromatic carbocycles. The van der Waals surface area contributed by atoms with Crippen LogP contribution < -0.4 is 5.32 Å². The third-order valence-electron chi connectivity index (χ3n) is 3.88. The Kier molecular flexibility index (Phi) is 5.41. The smallest absolute Gasteiger partial charge is 0.323 e. The largest absolute Gasteiger partial charge is 0.462 e. The van der Waals surface area contributed by atoms with Crippen LogP contribution in [-0.2, 0) is 14.3 Å². The van der Waals surface area contributed by atoms with Gasteiger partial charge in [-0.05, 0) is 45.3 Å². The zero-order chi connectivity index (χ0) is 12.8. The summed E-state index contributed by atoms with van der Waals surface area (Å²) in [5.74, 6) is -0.0666. The lowest BCUT2D eigenvalue weighted by atomic mass is 10.0. The summed E-state index contributed by atoms with van der Waals surface area (Å²) >= 11 is 0. The van der Waals surface area contributed by atoms with E-state index in [-0.39, 0.29) is 12.0 Å². The van der Waals surface area contributed by atoms with E-state index >= 15 is 0 Å². The van der Waals surface area contributed by atoms with Gasteiger partial charge in [-0.1, -0.05) is 0 Å². The molecule has 104 valence electrons. The fraction of sp³-hybridized carbons (Fsp3) is 0.923. The van der Waals surface area contributed by atoms with Gasteiger partial charge in [0, 0.05) is 13.2 Å². The summed E-state index contributed by atoms with van der Waals surface area (Å²) in [5.41, 5.74) is 0. The lowest BCUT2D eigenvalue weighted by molar-refractivity contribution is -0.151. The molecule has 1 atom stereocenters. The number of carbonyl (C=O) groups is 1. The van der Waals surface area contributed by atoms with Crippen molar-refractivity contribution in [2.45, 2.75) is 37.8 Å². The Hall–Kier alpha value is -0.650. The zero-order valence-corrected chi connectivity index (χ0v) is 11.2. The van der Waals surface area contributed by atoms with Crippen LogP contribution in [0.25, 0.3) is 0 Å². The highest BCUT2D eigenvalue weighted by Crippen LogP contribution is 2.25. The fourth-order valence-corrected chi connectivity index (χ4v) is 2.94. The van der Waals surface area contributed by atoms with Crippen molar-refractivity contribution in [2.24, 2.45) is 0 Å². The van der Waals surface area contributed by atoms with E-state index in [0.29, 0.717) is 19.3 Å². The molecule has 0 bridgehead atoms. The highest BCUT2D eigenvalue weighted by Gasteiger charge is 2.36. The Morgan fingerprint density at radius 1 is 1.28 bits per heavy atom. The van der Waals surface area contributed by atoms with Crippen molar-refractivity contribution in [3.63, 3.8) is 0 Å². The molecule has 0 saturated carbocycles. The van der Waals surface area contributed by atoms with Gasteiger partial charge >= 0.3 is 5.97 Å². The SMILES string of the molecule is COCCOC(=O)C1CCCN1C1CCNCC1. The van der Waals surface area contributed by atoms with Gasteiger partial charge in [0.25, 0.3) is 0 Å². The average Bonchev–Trinajstić information content (AvgIpc) is 2.89. The molecular formula is C13H24N2O3. The molecule has 0 aromatic heterocycles. The number of hydrogen-bond donors (Lipinski definition) is 1. The molecule has 0 spiro atoms. The zero-order valence-electron chi connectivity index (χ0n) is 11.2. The quantitative estimate of drug-likeness (QED) is 0.570. The molecule has 0 radical (unpaired) electrons. The highest BCUT2D eigenvalue weighted by molar-refractivity contribution is 5.76. The van der Waals surface area contributed by atoms with Gasteiger partial charge in [-0.25, -0.2) is 0 Å². The number of methoxy groups -OCH3 is 1. The number of piperidine rings is 1. The molecule has 5 heteroatoms. The van der Waals surface area contributed by atoms with Crippen molar-refractivity contribution in [1.29, 1.82) is 0 Å². The standard InChI is InChI=1S/C13H24N2O3/c1-17-9-10-18-13(16)12-3-2-8-15(12)11-4-6-14-7-5-11/h11-12,14H,2-10H2,1H3. The third-order valence-corrected chi connectivity index (χ3v) is 3.88. The molecule has 2 aliphatic heterocycles. The van der Waals surface area contributed by atoms with Crippen LogP contribution in [0.15, 0.2) is 0 Å². The van der Waals surface area contributed by atoms with E-state index in [1.807, 2.05) is 0 Å². The number of hydrogen-bond acceptors (Lipinski definition) is 5. The summed E-state index contributed by atoms with van der Waals surface area (Å²) in [6, 6.07) is 0.527. The lowest BCUT2D eigenvalue weighted by Gasteiger charge is -2.34. The normalized spacial score (nSPS) is 26.4. The van der Waals surface area contributed by atoms with Crippen molar-refractivity contribution in [2.75, 3.05) is 40.0 Å². The number of nitrogens with zero attached hydrogens (tertiary/aromatic N) is 1. The van der Waals surface area contributed by atoms with E-state index in [1.54, 1.807) is 7.11 Å². The number of nitrogens with one attached hydrogen (secondary N) is 1. The van der Waals surface area contributed by atoms with Gasteiger partial charge in [0.05, 0.1) is 6.61 Å². The van der Waals surface area contributed by atoms with Gasteiger partial charge in [0.15, 0.2) is 0 Å².